The summed E-state index contributed by atoms with van der Waals surface area (Å²) in [6, 6.07) is 8.28. The quantitative estimate of drug-likeness (QED) is 0.947. The van der Waals surface area contributed by atoms with Gasteiger partial charge in [0, 0.05) is 49.5 Å². The summed E-state index contributed by atoms with van der Waals surface area (Å²) in [6.07, 6.45) is 5.77. The number of carbonyl (C=O) groups is 2. The number of nitrogens with zero attached hydrogens (tertiary/aromatic N) is 1. The summed E-state index contributed by atoms with van der Waals surface area (Å²) < 4.78 is 0. The Morgan fingerprint density at radius 3 is 2.91 bits per heavy atom. The number of para-hydroxylation sites is 1. The SMILES string of the molecule is O=C1CC[C@H]2CN(CCc3c[nH]c4ccccc34)C(=O)C[C@H]2C1. The van der Waals surface area contributed by atoms with E-state index >= 15 is 0 Å². The van der Waals surface area contributed by atoms with Gasteiger partial charge in [0.05, 0.1) is 0 Å². The van der Waals surface area contributed by atoms with Crippen molar-refractivity contribution in [3.63, 3.8) is 0 Å². The molecule has 0 bridgehead atoms. The van der Waals surface area contributed by atoms with Gasteiger partial charge in [0.25, 0.3) is 0 Å². The number of aromatic amines is 1. The molecule has 2 aliphatic rings. The predicted molar refractivity (Wildman–Crippen MR) is 89.0 cm³/mol. The molecule has 1 amide bonds. The Morgan fingerprint density at radius 2 is 2.00 bits per heavy atom. The summed E-state index contributed by atoms with van der Waals surface area (Å²) in [5.41, 5.74) is 2.42. The number of nitrogens with one attached hydrogen (secondary N) is 1. The number of rotatable bonds is 3. The van der Waals surface area contributed by atoms with Crippen molar-refractivity contribution in [1.29, 1.82) is 0 Å². The molecule has 120 valence electrons. The van der Waals surface area contributed by atoms with Gasteiger partial charge < -0.3 is 9.88 Å². The van der Waals surface area contributed by atoms with E-state index in [9.17, 15) is 9.59 Å². The van der Waals surface area contributed by atoms with Crippen molar-refractivity contribution >= 4 is 22.6 Å². The molecular formula is C19H22N2O2. The summed E-state index contributed by atoms with van der Waals surface area (Å²) >= 11 is 0. The summed E-state index contributed by atoms with van der Waals surface area (Å²) in [5, 5.41) is 1.25. The average molecular weight is 310 g/mol. The van der Waals surface area contributed by atoms with Gasteiger partial charge in [0.2, 0.25) is 5.91 Å². The fourth-order valence-corrected chi connectivity index (χ4v) is 4.17. The van der Waals surface area contributed by atoms with E-state index in [0.717, 1.165) is 31.4 Å². The van der Waals surface area contributed by atoms with E-state index in [0.29, 0.717) is 36.9 Å². The van der Waals surface area contributed by atoms with E-state index in [1.807, 2.05) is 11.0 Å². The van der Waals surface area contributed by atoms with Gasteiger partial charge in [0.1, 0.15) is 5.78 Å². The topological polar surface area (TPSA) is 53.2 Å². The largest absolute Gasteiger partial charge is 0.361 e. The number of amides is 1. The molecule has 1 aliphatic heterocycles. The van der Waals surface area contributed by atoms with Gasteiger partial charge >= 0.3 is 0 Å². The molecule has 2 atom stereocenters. The van der Waals surface area contributed by atoms with Crippen LogP contribution in [0.25, 0.3) is 10.9 Å². The van der Waals surface area contributed by atoms with Crippen molar-refractivity contribution < 1.29 is 9.59 Å². The Morgan fingerprint density at radius 1 is 1.13 bits per heavy atom. The van der Waals surface area contributed by atoms with Crippen molar-refractivity contribution in [1.82, 2.24) is 9.88 Å². The predicted octanol–water partition coefficient (Wildman–Crippen LogP) is 2.93. The first-order valence-electron chi connectivity index (χ1n) is 8.55. The highest BCUT2D eigenvalue weighted by Gasteiger charge is 2.37. The zero-order valence-corrected chi connectivity index (χ0v) is 13.3. The number of hydrogen-bond acceptors (Lipinski definition) is 2. The Labute approximate surface area is 135 Å². The molecule has 0 radical (unpaired) electrons. The van der Waals surface area contributed by atoms with E-state index < -0.39 is 0 Å². The lowest BCUT2D eigenvalue weighted by Crippen LogP contribution is -2.47. The van der Waals surface area contributed by atoms with Crippen LogP contribution in [0, 0.1) is 11.8 Å². The number of piperidine rings is 1. The van der Waals surface area contributed by atoms with Crippen LogP contribution in [0.3, 0.4) is 0 Å². The third-order valence-electron chi connectivity index (χ3n) is 5.52. The van der Waals surface area contributed by atoms with Gasteiger partial charge in [-0.2, -0.15) is 0 Å². The normalized spacial score (nSPS) is 25.0. The van der Waals surface area contributed by atoms with Crippen LogP contribution in [0.15, 0.2) is 30.5 Å². The van der Waals surface area contributed by atoms with Crippen LogP contribution >= 0.6 is 0 Å². The van der Waals surface area contributed by atoms with E-state index in [1.54, 1.807) is 0 Å². The van der Waals surface area contributed by atoms with Gasteiger partial charge in [-0.15, -0.1) is 0 Å². The number of aromatic nitrogens is 1. The monoisotopic (exact) mass is 310 g/mol. The highest BCUT2D eigenvalue weighted by Crippen LogP contribution is 2.35. The maximum absolute atomic E-state index is 12.4. The smallest absolute Gasteiger partial charge is 0.222 e. The summed E-state index contributed by atoms with van der Waals surface area (Å²) in [6.45, 7) is 1.61. The zero-order chi connectivity index (χ0) is 15.8. The minimum absolute atomic E-state index is 0.223. The number of Topliss-reactive ketones (excluding diaryl/α,β-unsaturated/α-hetero) is 1. The number of ketones is 1. The second-order valence-electron chi connectivity index (χ2n) is 6.96. The van der Waals surface area contributed by atoms with Crippen molar-refractivity contribution in [3.8, 4) is 0 Å². The molecule has 1 saturated heterocycles. The average Bonchev–Trinajstić information content (AvgIpc) is 2.96. The molecule has 1 N–H and O–H groups in total. The highest BCUT2D eigenvalue weighted by molar-refractivity contribution is 5.84. The lowest BCUT2D eigenvalue weighted by atomic mass is 9.74. The van der Waals surface area contributed by atoms with Crippen molar-refractivity contribution in [2.24, 2.45) is 11.8 Å². The third-order valence-corrected chi connectivity index (χ3v) is 5.52. The molecule has 23 heavy (non-hydrogen) atoms. The van der Waals surface area contributed by atoms with Crippen molar-refractivity contribution in [3.05, 3.63) is 36.0 Å². The lowest BCUT2D eigenvalue weighted by molar-refractivity contribution is -0.139. The lowest BCUT2D eigenvalue weighted by Gasteiger charge is -2.40. The maximum atomic E-state index is 12.4. The molecule has 0 unspecified atom stereocenters. The van der Waals surface area contributed by atoms with E-state index in [2.05, 4.69) is 29.4 Å². The molecule has 2 fully saturated rings. The van der Waals surface area contributed by atoms with Gasteiger partial charge in [-0.3, -0.25) is 9.59 Å². The number of fused-ring (bicyclic) bond motifs is 2. The first-order chi connectivity index (χ1) is 11.2. The standard InChI is InChI=1S/C19H22N2O2/c22-16-6-5-14-12-21(19(23)10-15(14)9-16)8-7-13-11-20-18-4-2-1-3-17(13)18/h1-4,11,14-15,20H,5-10,12H2/t14-,15+/m0/s1. The number of H-pyrrole nitrogens is 1. The Bertz CT molecular complexity index is 749. The van der Waals surface area contributed by atoms with Gasteiger partial charge in [-0.05, 0) is 36.3 Å². The maximum Gasteiger partial charge on any atom is 0.222 e. The van der Waals surface area contributed by atoms with Gasteiger partial charge in [0.15, 0.2) is 0 Å². The van der Waals surface area contributed by atoms with Crippen LogP contribution in [0.5, 0.6) is 0 Å². The van der Waals surface area contributed by atoms with Crippen molar-refractivity contribution in [2.75, 3.05) is 13.1 Å². The molecule has 1 aromatic heterocycles. The molecule has 2 heterocycles. The van der Waals surface area contributed by atoms with Crippen LogP contribution in [0.1, 0.15) is 31.2 Å². The minimum atomic E-state index is 0.223. The molecule has 1 aliphatic carbocycles. The molecule has 4 heteroatoms. The van der Waals surface area contributed by atoms with E-state index in [1.165, 1.54) is 10.9 Å². The number of hydrogen-bond donors (Lipinski definition) is 1. The van der Waals surface area contributed by atoms with Crippen LogP contribution in [-0.2, 0) is 16.0 Å². The molecule has 4 rings (SSSR count). The zero-order valence-electron chi connectivity index (χ0n) is 13.3. The summed E-state index contributed by atoms with van der Waals surface area (Å²) in [4.78, 5) is 29.3. The minimum Gasteiger partial charge on any atom is -0.361 e. The Hall–Kier alpha value is -2.10. The summed E-state index contributed by atoms with van der Waals surface area (Å²) in [7, 11) is 0. The number of carbonyl (C=O) groups excluding carboxylic acids is 2. The Balaban J connectivity index is 1.43. The third kappa shape index (κ3) is 2.78. The fourth-order valence-electron chi connectivity index (χ4n) is 4.17. The van der Waals surface area contributed by atoms with E-state index in [4.69, 9.17) is 0 Å². The second-order valence-corrected chi connectivity index (χ2v) is 6.96. The molecule has 0 spiro atoms. The number of benzene rings is 1. The fraction of sp³-hybridized carbons (Fsp3) is 0.474. The van der Waals surface area contributed by atoms with Crippen LogP contribution in [0.2, 0.25) is 0 Å². The van der Waals surface area contributed by atoms with Crippen molar-refractivity contribution in [2.45, 2.75) is 32.1 Å². The van der Waals surface area contributed by atoms with Gasteiger partial charge in [-0.1, -0.05) is 18.2 Å². The first kappa shape index (κ1) is 14.5. The molecular weight excluding hydrogens is 288 g/mol. The Kier molecular flexibility index (Phi) is 3.68. The van der Waals surface area contributed by atoms with E-state index in [-0.39, 0.29) is 5.91 Å². The second kappa shape index (κ2) is 5.84. The first-order valence-corrected chi connectivity index (χ1v) is 8.55. The molecule has 2 aromatic rings. The highest BCUT2D eigenvalue weighted by atomic mass is 16.2. The van der Waals surface area contributed by atoms with Gasteiger partial charge in [-0.25, -0.2) is 0 Å². The van der Waals surface area contributed by atoms with Crippen LogP contribution in [-0.4, -0.2) is 34.7 Å². The van der Waals surface area contributed by atoms with Crippen LogP contribution in [0.4, 0.5) is 0 Å². The molecule has 1 saturated carbocycles. The molecule has 1 aromatic carbocycles. The molecule has 4 nitrogen and oxygen atoms in total. The summed E-state index contributed by atoms with van der Waals surface area (Å²) in [5.74, 6) is 1.38. The number of likely N-dealkylation sites (tertiary alicyclic amines) is 1. The van der Waals surface area contributed by atoms with Crippen LogP contribution < -0.4 is 0 Å².